The first kappa shape index (κ1) is 29.6. The van der Waals surface area contributed by atoms with Crippen molar-refractivity contribution in [2.45, 2.75) is 50.6 Å². The van der Waals surface area contributed by atoms with Gasteiger partial charge in [-0.3, -0.25) is 14.3 Å². The Morgan fingerprint density at radius 1 is 1.14 bits per heavy atom. The number of aromatic hydroxyl groups is 2. The summed E-state index contributed by atoms with van der Waals surface area (Å²) in [6.45, 7) is 11.6. The third kappa shape index (κ3) is 4.42. The number of nitrogens with zero attached hydrogens (tertiary/aromatic N) is 5. The molecule has 44 heavy (non-hydrogen) atoms. The van der Waals surface area contributed by atoms with Crippen LogP contribution >= 0.6 is 11.8 Å². The van der Waals surface area contributed by atoms with E-state index in [1.807, 2.05) is 25.7 Å². The lowest BCUT2D eigenvalue weighted by molar-refractivity contribution is -0.127. The standard InChI is InChI=1S/C32H31F2N5O4S/c1-6-21(42)37-12-17(5)38-18(13-37)14-44-30-24-29(25(33)23(26(30)34)22-19(40)8-7-9-20(22)41)39(32(43)36-31(24)38)28-16(4)10-11-35-27(28)15(2)3/h6-11,15,17-18,40-41H,1,12-14H2,2-5H3. The van der Waals surface area contributed by atoms with E-state index in [2.05, 4.69) is 16.5 Å². The van der Waals surface area contributed by atoms with Crippen molar-refractivity contribution in [2.24, 2.45) is 0 Å². The predicted molar refractivity (Wildman–Crippen MR) is 166 cm³/mol. The van der Waals surface area contributed by atoms with Crippen LogP contribution in [0.3, 0.4) is 0 Å². The molecule has 4 aromatic rings. The van der Waals surface area contributed by atoms with Gasteiger partial charge in [0.1, 0.15) is 23.1 Å². The summed E-state index contributed by atoms with van der Waals surface area (Å²) in [6, 6.07) is 4.77. The molecule has 2 aliphatic rings. The van der Waals surface area contributed by atoms with Crippen molar-refractivity contribution >= 4 is 34.4 Å². The van der Waals surface area contributed by atoms with Gasteiger partial charge in [0.05, 0.1) is 44.3 Å². The number of benzene rings is 2. The number of rotatable bonds is 4. The first-order valence-electron chi connectivity index (χ1n) is 14.2. The molecule has 1 fully saturated rings. The van der Waals surface area contributed by atoms with Crippen molar-refractivity contribution in [2.75, 3.05) is 23.7 Å². The summed E-state index contributed by atoms with van der Waals surface area (Å²) in [5, 5.41) is 21.5. The van der Waals surface area contributed by atoms with Gasteiger partial charge in [-0.25, -0.2) is 13.6 Å². The van der Waals surface area contributed by atoms with Gasteiger partial charge in [0, 0.05) is 31.1 Å². The molecule has 228 valence electrons. The van der Waals surface area contributed by atoms with Gasteiger partial charge in [-0.2, -0.15) is 4.98 Å². The molecule has 2 unspecified atom stereocenters. The van der Waals surface area contributed by atoms with E-state index in [9.17, 15) is 19.8 Å². The van der Waals surface area contributed by atoms with Crippen molar-refractivity contribution < 1.29 is 23.8 Å². The molecule has 2 aromatic heterocycles. The lowest BCUT2D eigenvalue weighted by atomic mass is 9.98. The Bertz CT molecular complexity index is 1910. The molecule has 0 radical (unpaired) electrons. The first-order chi connectivity index (χ1) is 21.0. The van der Waals surface area contributed by atoms with E-state index in [1.165, 1.54) is 24.3 Å². The van der Waals surface area contributed by atoms with Gasteiger partial charge in [0.25, 0.3) is 0 Å². The second kappa shape index (κ2) is 10.9. The van der Waals surface area contributed by atoms with Crippen molar-refractivity contribution in [3.63, 3.8) is 0 Å². The number of carbonyl (C=O) groups is 1. The van der Waals surface area contributed by atoms with Crippen LogP contribution in [0.2, 0.25) is 0 Å². The van der Waals surface area contributed by atoms with Crippen molar-refractivity contribution in [1.82, 2.24) is 19.4 Å². The van der Waals surface area contributed by atoms with Crippen LogP contribution in [0.25, 0.3) is 27.7 Å². The van der Waals surface area contributed by atoms with E-state index in [4.69, 9.17) is 0 Å². The highest BCUT2D eigenvalue weighted by molar-refractivity contribution is 7.99. The zero-order valence-electron chi connectivity index (χ0n) is 24.6. The van der Waals surface area contributed by atoms with Gasteiger partial charge in [-0.1, -0.05) is 26.5 Å². The van der Waals surface area contributed by atoms with Gasteiger partial charge in [-0.15, -0.1) is 11.8 Å². The fourth-order valence-corrected chi connectivity index (χ4v) is 7.56. The molecule has 2 atom stereocenters. The highest BCUT2D eigenvalue weighted by atomic mass is 32.2. The molecule has 9 nitrogen and oxygen atoms in total. The summed E-state index contributed by atoms with van der Waals surface area (Å²) in [5.41, 5.74) is -0.645. The second-order valence-corrected chi connectivity index (χ2v) is 12.5. The zero-order valence-corrected chi connectivity index (χ0v) is 25.5. The molecule has 0 spiro atoms. The summed E-state index contributed by atoms with van der Waals surface area (Å²) in [7, 11) is 0. The second-order valence-electron chi connectivity index (χ2n) is 11.5. The SMILES string of the molecule is C=CC(=O)N1CC(C)N2c3nc(=O)n(-c4c(C)ccnc4C(C)C)c4c(F)c(-c5c(O)cccc5O)c(F)c(c34)SCC2C1. The Kier molecular flexibility index (Phi) is 7.35. The molecule has 0 aliphatic carbocycles. The summed E-state index contributed by atoms with van der Waals surface area (Å²) < 4.78 is 35.1. The minimum Gasteiger partial charge on any atom is -0.507 e. The third-order valence-corrected chi connectivity index (χ3v) is 9.50. The maximum atomic E-state index is 17.2. The van der Waals surface area contributed by atoms with Crippen LogP contribution in [0.5, 0.6) is 11.5 Å². The Hall–Kier alpha value is -4.45. The van der Waals surface area contributed by atoms with Gasteiger partial charge < -0.3 is 20.0 Å². The van der Waals surface area contributed by atoms with Gasteiger partial charge in [-0.05, 0) is 49.6 Å². The largest absolute Gasteiger partial charge is 0.507 e. The van der Waals surface area contributed by atoms with Crippen LogP contribution in [0, 0.1) is 18.6 Å². The molecular formula is C32H31F2N5O4S. The molecule has 2 N–H and O–H groups in total. The van der Waals surface area contributed by atoms with E-state index >= 15 is 8.78 Å². The van der Waals surface area contributed by atoms with E-state index in [1.54, 1.807) is 24.1 Å². The summed E-state index contributed by atoms with van der Waals surface area (Å²) in [4.78, 5) is 39.3. The van der Waals surface area contributed by atoms with E-state index in [-0.39, 0.29) is 57.8 Å². The zero-order chi connectivity index (χ0) is 31.6. The fraction of sp³-hybridized carbons (Fsp3) is 0.312. The normalized spacial score (nSPS) is 18.0. The molecule has 2 aromatic carbocycles. The molecule has 2 aliphatic heterocycles. The number of fused-ring (bicyclic) bond motifs is 2. The lowest BCUT2D eigenvalue weighted by Crippen LogP contribution is -2.60. The highest BCUT2D eigenvalue weighted by Crippen LogP contribution is 2.49. The number of aryl methyl sites for hydroxylation is 1. The lowest BCUT2D eigenvalue weighted by Gasteiger charge is -2.45. The highest BCUT2D eigenvalue weighted by Gasteiger charge is 2.41. The molecule has 6 rings (SSSR count). The first-order valence-corrected chi connectivity index (χ1v) is 15.2. The third-order valence-electron chi connectivity index (χ3n) is 8.28. The quantitative estimate of drug-likeness (QED) is 0.298. The number of piperazine rings is 1. The smallest absolute Gasteiger partial charge is 0.354 e. The number of amides is 1. The molecule has 4 heterocycles. The molecule has 12 heteroatoms. The maximum Gasteiger partial charge on any atom is 0.354 e. The Morgan fingerprint density at radius 2 is 1.84 bits per heavy atom. The number of phenolic OH excluding ortho intramolecular Hbond substituents is 2. The van der Waals surface area contributed by atoms with Gasteiger partial charge >= 0.3 is 5.69 Å². The maximum absolute atomic E-state index is 17.2. The number of halogens is 2. The van der Waals surface area contributed by atoms with Crippen LogP contribution < -0.4 is 10.6 Å². The Labute approximate surface area is 256 Å². The van der Waals surface area contributed by atoms with Gasteiger partial charge in [0.2, 0.25) is 5.91 Å². The van der Waals surface area contributed by atoms with E-state index in [0.29, 0.717) is 23.5 Å². The Morgan fingerprint density at radius 3 is 2.50 bits per heavy atom. The number of anilines is 1. The average molecular weight is 620 g/mol. The minimum atomic E-state index is -1.14. The number of carbonyl (C=O) groups excluding carboxylic acids is 1. The average Bonchev–Trinajstić information content (AvgIpc) is 3.14. The monoisotopic (exact) mass is 619 g/mol. The summed E-state index contributed by atoms with van der Waals surface area (Å²) in [6.07, 6.45) is 2.84. The molecule has 0 bridgehead atoms. The number of phenols is 2. The van der Waals surface area contributed by atoms with Crippen LogP contribution in [-0.2, 0) is 4.79 Å². The van der Waals surface area contributed by atoms with Crippen LogP contribution in [0.1, 0.15) is 37.9 Å². The number of thioether (sulfide) groups is 1. The summed E-state index contributed by atoms with van der Waals surface area (Å²) in [5.74, 6) is -3.21. The molecule has 1 saturated heterocycles. The number of hydrogen-bond donors (Lipinski definition) is 2. The topological polar surface area (TPSA) is 112 Å². The molecular weight excluding hydrogens is 588 g/mol. The Balaban J connectivity index is 1.78. The summed E-state index contributed by atoms with van der Waals surface area (Å²) >= 11 is 1.11. The minimum absolute atomic E-state index is 0.0196. The van der Waals surface area contributed by atoms with Crippen molar-refractivity contribution in [1.29, 1.82) is 0 Å². The van der Waals surface area contributed by atoms with Crippen LogP contribution in [0.15, 0.2) is 52.8 Å². The van der Waals surface area contributed by atoms with Gasteiger partial charge in [0.15, 0.2) is 5.82 Å². The number of pyridine rings is 1. The van der Waals surface area contributed by atoms with Crippen LogP contribution in [-0.4, -0.2) is 66.5 Å². The molecule has 0 saturated carbocycles. The van der Waals surface area contributed by atoms with E-state index in [0.717, 1.165) is 16.3 Å². The van der Waals surface area contributed by atoms with Crippen molar-refractivity contribution in [3.05, 3.63) is 76.5 Å². The van der Waals surface area contributed by atoms with Crippen molar-refractivity contribution in [3.8, 4) is 28.3 Å². The van der Waals surface area contributed by atoms with Crippen LogP contribution in [0.4, 0.5) is 14.6 Å². The fourth-order valence-electron chi connectivity index (χ4n) is 6.37. The number of hydrogen-bond acceptors (Lipinski definition) is 8. The van der Waals surface area contributed by atoms with E-state index < -0.39 is 40.0 Å². The number of aromatic nitrogens is 3. The predicted octanol–water partition coefficient (Wildman–Crippen LogP) is 5.27. The molecule has 1 amide bonds.